The van der Waals surface area contributed by atoms with E-state index in [0.717, 1.165) is 5.69 Å². The van der Waals surface area contributed by atoms with Crippen molar-refractivity contribution < 1.29 is 9.53 Å². The SMILES string of the molecule is Cc1c(C=C(C#N)C(=O)NCCOc2cccc(Cl)c2Cl)cc(C#N)n1C. The lowest BCUT2D eigenvalue weighted by Crippen LogP contribution is -2.29. The molecule has 1 aromatic carbocycles. The van der Waals surface area contributed by atoms with Crippen LogP contribution in [0.5, 0.6) is 5.75 Å². The maximum absolute atomic E-state index is 12.2. The second-order valence-corrected chi connectivity index (χ2v) is 6.35. The first-order valence-electron chi connectivity index (χ1n) is 7.92. The lowest BCUT2D eigenvalue weighted by molar-refractivity contribution is -0.117. The third-order valence-corrected chi connectivity index (χ3v) is 4.72. The Bertz CT molecular complexity index is 981. The molecule has 1 N–H and O–H groups in total. The number of benzene rings is 1. The molecule has 6 nitrogen and oxygen atoms in total. The Hall–Kier alpha value is -2.93. The summed E-state index contributed by atoms with van der Waals surface area (Å²) in [6.45, 7) is 2.15. The number of halogens is 2. The first-order chi connectivity index (χ1) is 12.9. The van der Waals surface area contributed by atoms with Gasteiger partial charge in [-0.1, -0.05) is 29.3 Å². The third-order valence-electron chi connectivity index (χ3n) is 3.92. The Morgan fingerprint density at radius 1 is 1.37 bits per heavy atom. The molecule has 2 rings (SSSR count). The van der Waals surface area contributed by atoms with E-state index in [-0.39, 0.29) is 18.7 Å². The van der Waals surface area contributed by atoms with Gasteiger partial charge in [-0.05, 0) is 36.8 Å². The summed E-state index contributed by atoms with van der Waals surface area (Å²) < 4.78 is 7.18. The number of ether oxygens (including phenoxy) is 1. The molecule has 1 aromatic heterocycles. The van der Waals surface area contributed by atoms with E-state index >= 15 is 0 Å². The second-order valence-electron chi connectivity index (χ2n) is 5.57. The lowest BCUT2D eigenvalue weighted by Gasteiger charge is -2.09. The summed E-state index contributed by atoms with van der Waals surface area (Å²) in [6, 6.07) is 10.6. The van der Waals surface area contributed by atoms with E-state index in [1.807, 2.05) is 13.0 Å². The zero-order valence-electron chi connectivity index (χ0n) is 14.7. The van der Waals surface area contributed by atoms with Crippen LogP contribution in [0, 0.1) is 29.6 Å². The Morgan fingerprint density at radius 3 is 2.74 bits per heavy atom. The van der Waals surface area contributed by atoms with E-state index in [0.29, 0.717) is 27.1 Å². The molecule has 0 aliphatic heterocycles. The molecule has 138 valence electrons. The van der Waals surface area contributed by atoms with Gasteiger partial charge in [-0.3, -0.25) is 4.79 Å². The molecule has 8 heteroatoms. The van der Waals surface area contributed by atoms with Gasteiger partial charge in [0.2, 0.25) is 0 Å². The van der Waals surface area contributed by atoms with Crippen molar-refractivity contribution in [3.63, 3.8) is 0 Å². The fourth-order valence-corrected chi connectivity index (χ4v) is 2.64. The van der Waals surface area contributed by atoms with Crippen LogP contribution in [-0.2, 0) is 11.8 Å². The van der Waals surface area contributed by atoms with Crippen LogP contribution >= 0.6 is 23.2 Å². The lowest BCUT2D eigenvalue weighted by atomic mass is 10.1. The number of carbonyl (C=O) groups is 1. The largest absolute Gasteiger partial charge is 0.490 e. The van der Waals surface area contributed by atoms with Crippen LogP contribution in [0.1, 0.15) is 17.0 Å². The van der Waals surface area contributed by atoms with Crippen LogP contribution in [0.4, 0.5) is 0 Å². The molecule has 0 spiro atoms. The van der Waals surface area contributed by atoms with Crippen LogP contribution < -0.4 is 10.1 Å². The number of amides is 1. The minimum absolute atomic E-state index is 0.0611. The number of nitrogens with one attached hydrogen (secondary N) is 1. The van der Waals surface area contributed by atoms with E-state index < -0.39 is 5.91 Å². The van der Waals surface area contributed by atoms with E-state index in [2.05, 4.69) is 11.4 Å². The molecule has 0 saturated heterocycles. The molecule has 0 atom stereocenters. The standard InChI is InChI=1S/C19H16Cl2N4O2/c1-12-13(9-15(11-23)25(12)2)8-14(10-22)19(26)24-6-7-27-17-5-3-4-16(20)18(17)21/h3-5,8-9H,6-7H2,1-2H3,(H,24,26). The molecule has 0 aliphatic rings. The van der Waals surface area contributed by atoms with Crippen molar-refractivity contribution in [3.05, 3.63) is 56.8 Å². The predicted octanol–water partition coefficient (Wildman–Crippen LogP) is 3.61. The molecule has 2 aromatic rings. The zero-order chi connectivity index (χ0) is 20.0. The Morgan fingerprint density at radius 2 is 2.11 bits per heavy atom. The summed E-state index contributed by atoms with van der Waals surface area (Å²) in [5.41, 5.74) is 1.81. The van der Waals surface area contributed by atoms with Gasteiger partial charge < -0.3 is 14.6 Å². The van der Waals surface area contributed by atoms with Gasteiger partial charge in [0.25, 0.3) is 5.91 Å². The van der Waals surface area contributed by atoms with Crippen molar-refractivity contribution in [2.75, 3.05) is 13.2 Å². The minimum atomic E-state index is -0.528. The predicted molar refractivity (Wildman–Crippen MR) is 103 cm³/mol. The van der Waals surface area contributed by atoms with Crippen LogP contribution in [-0.4, -0.2) is 23.6 Å². The maximum atomic E-state index is 12.2. The van der Waals surface area contributed by atoms with Crippen molar-refractivity contribution in [1.29, 1.82) is 10.5 Å². The fourth-order valence-electron chi connectivity index (χ4n) is 2.30. The van der Waals surface area contributed by atoms with Gasteiger partial charge in [-0.25, -0.2) is 0 Å². The molecule has 27 heavy (non-hydrogen) atoms. The summed E-state index contributed by atoms with van der Waals surface area (Å²) in [6.07, 6.45) is 1.46. The Kier molecular flexibility index (Phi) is 6.90. The monoisotopic (exact) mass is 402 g/mol. The van der Waals surface area contributed by atoms with Gasteiger partial charge in [0.15, 0.2) is 0 Å². The highest BCUT2D eigenvalue weighted by molar-refractivity contribution is 6.42. The number of hydrogen-bond acceptors (Lipinski definition) is 4. The van der Waals surface area contributed by atoms with Gasteiger partial charge in [0, 0.05) is 12.7 Å². The number of hydrogen-bond donors (Lipinski definition) is 1. The van der Waals surface area contributed by atoms with Gasteiger partial charge in [-0.15, -0.1) is 0 Å². The summed E-state index contributed by atoms with van der Waals surface area (Å²) in [5.74, 6) is -0.113. The summed E-state index contributed by atoms with van der Waals surface area (Å²) in [7, 11) is 1.75. The van der Waals surface area contributed by atoms with Crippen molar-refractivity contribution in [2.24, 2.45) is 7.05 Å². The molecule has 0 aliphatic carbocycles. The van der Waals surface area contributed by atoms with Crippen molar-refractivity contribution in [1.82, 2.24) is 9.88 Å². The van der Waals surface area contributed by atoms with E-state index in [1.165, 1.54) is 6.08 Å². The first-order valence-corrected chi connectivity index (χ1v) is 8.67. The molecular weight excluding hydrogens is 387 g/mol. The molecular formula is C19H16Cl2N4O2. The number of nitriles is 2. The fraction of sp³-hybridized carbons (Fsp3) is 0.211. The Balaban J connectivity index is 1.99. The summed E-state index contributed by atoms with van der Waals surface area (Å²) in [5, 5.41) is 21.6. The zero-order valence-corrected chi connectivity index (χ0v) is 16.2. The first kappa shape index (κ1) is 20.4. The second kappa shape index (κ2) is 9.14. The molecule has 1 heterocycles. The van der Waals surface area contributed by atoms with Gasteiger partial charge in [-0.2, -0.15) is 10.5 Å². The van der Waals surface area contributed by atoms with Gasteiger partial charge in [0.05, 0.1) is 11.6 Å². The molecule has 1 amide bonds. The minimum Gasteiger partial charge on any atom is -0.490 e. The van der Waals surface area contributed by atoms with Gasteiger partial charge >= 0.3 is 0 Å². The van der Waals surface area contributed by atoms with Crippen LogP contribution in [0.25, 0.3) is 6.08 Å². The number of carbonyl (C=O) groups excluding carboxylic acids is 1. The summed E-state index contributed by atoms with van der Waals surface area (Å²) in [4.78, 5) is 12.2. The highest BCUT2D eigenvalue weighted by atomic mass is 35.5. The maximum Gasteiger partial charge on any atom is 0.262 e. The molecule has 0 unspecified atom stereocenters. The topological polar surface area (TPSA) is 90.8 Å². The Labute approximate surface area is 167 Å². The highest BCUT2D eigenvalue weighted by Crippen LogP contribution is 2.31. The smallest absolute Gasteiger partial charge is 0.262 e. The summed E-state index contributed by atoms with van der Waals surface area (Å²) >= 11 is 11.9. The van der Waals surface area contributed by atoms with E-state index in [1.54, 1.807) is 35.9 Å². The molecule has 0 radical (unpaired) electrons. The van der Waals surface area contributed by atoms with E-state index in [4.69, 9.17) is 33.2 Å². The average Bonchev–Trinajstić information content (AvgIpc) is 2.93. The molecule has 0 bridgehead atoms. The normalized spacial score (nSPS) is 10.8. The number of aromatic nitrogens is 1. The average molecular weight is 403 g/mol. The molecule has 0 fully saturated rings. The quantitative estimate of drug-likeness (QED) is 0.453. The van der Waals surface area contributed by atoms with Crippen LogP contribution in [0.3, 0.4) is 0 Å². The number of nitrogens with zero attached hydrogens (tertiary/aromatic N) is 3. The van der Waals surface area contributed by atoms with Crippen molar-refractivity contribution >= 4 is 35.2 Å². The number of rotatable bonds is 6. The third kappa shape index (κ3) is 4.83. The van der Waals surface area contributed by atoms with Crippen molar-refractivity contribution in [2.45, 2.75) is 6.92 Å². The van der Waals surface area contributed by atoms with Crippen molar-refractivity contribution in [3.8, 4) is 17.9 Å². The van der Waals surface area contributed by atoms with Crippen LogP contribution in [0.15, 0.2) is 29.8 Å². The highest BCUT2D eigenvalue weighted by Gasteiger charge is 2.13. The van der Waals surface area contributed by atoms with Gasteiger partial charge in [0.1, 0.15) is 40.8 Å². The molecule has 0 saturated carbocycles. The van der Waals surface area contributed by atoms with E-state index in [9.17, 15) is 10.1 Å². The van der Waals surface area contributed by atoms with Crippen LogP contribution in [0.2, 0.25) is 10.0 Å².